The molecule has 5 atom stereocenters. The van der Waals surface area contributed by atoms with Crippen LogP contribution in [0.3, 0.4) is 0 Å². The summed E-state index contributed by atoms with van der Waals surface area (Å²) >= 11 is 0. The Kier molecular flexibility index (Phi) is 12.6. The van der Waals surface area contributed by atoms with Crippen LogP contribution in [-0.4, -0.2) is 81.2 Å². The SMILES string of the molecule is CC(C)CC(NC(=O)C(N)CCC(=O)O)C(=O)NC(C(=O)NC(CC(N)=O)C(=O)O)C(C)O. The molecular weight excluding hydrogens is 442 g/mol. The molecule has 10 N–H and O–H groups in total. The van der Waals surface area contributed by atoms with Crippen molar-refractivity contribution in [2.75, 3.05) is 0 Å². The predicted molar refractivity (Wildman–Crippen MR) is 113 cm³/mol. The highest BCUT2D eigenvalue weighted by atomic mass is 16.4. The first kappa shape index (κ1) is 29.7. The molecule has 4 amide bonds. The molecule has 0 aromatic rings. The van der Waals surface area contributed by atoms with Crippen LogP contribution in [0.4, 0.5) is 0 Å². The maximum absolute atomic E-state index is 12.8. The van der Waals surface area contributed by atoms with E-state index in [4.69, 9.17) is 21.7 Å². The molecule has 0 heterocycles. The van der Waals surface area contributed by atoms with Crippen LogP contribution in [0.2, 0.25) is 0 Å². The first-order valence-corrected chi connectivity index (χ1v) is 10.2. The zero-order valence-corrected chi connectivity index (χ0v) is 18.7. The van der Waals surface area contributed by atoms with Crippen LogP contribution in [0.15, 0.2) is 0 Å². The van der Waals surface area contributed by atoms with Gasteiger partial charge in [0.1, 0.15) is 18.1 Å². The lowest BCUT2D eigenvalue weighted by Crippen LogP contribution is -2.60. The fourth-order valence-electron chi connectivity index (χ4n) is 2.71. The largest absolute Gasteiger partial charge is 0.481 e. The number of carbonyl (C=O) groups is 6. The minimum Gasteiger partial charge on any atom is -0.481 e. The van der Waals surface area contributed by atoms with Gasteiger partial charge in [0.05, 0.1) is 18.6 Å². The Labute approximate surface area is 190 Å². The first-order chi connectivity index (χ1) is 15.1. The predicted octanol–water partition coefficient (Wildman–Crippen LogP) is -2.98. The highest BCUT2D eigenvalue weighted by molar-refractivity contribution is 5.95. The van der Waals surface area contributed by atoms with Crippen LogP contribution in [0.5, 0.6) is 0 Å². The van der Waals surface area contributed by atoms with Crippen molar-refractivity contribution in [3.63, 3.8) is 0 Å². The number of aliphatic hydroxyl groups is 1. The number of hydrogen-bond donors (Lipinski definition) is 8. The Hall–Kier alpha value is -3.26. The average molecular weight is 475 g/mol. The van der Waals surface area contributed by atoms with Gasteiger partial charge < -0.3 is 42.7 Å². The van der Waals surface area contributed by atoms with Gasteiger partial charge in [-0.3, -0.25) is 24.0 Å². The van der Waals surface area contributed by atoms with Crippen molar-refractivity contribution in [2.24, 2.45) is 17.4 Å². The number of amides is 4. The van der Waals surface area contributed by atoms with Gasteiger partial charge in [0, 0.05) is 6.42 Å². The topological polar surface area (TPSA) is 251 Å². The van der Waals surface area contributed by atoms with Crippen LogP contribution >= 0.6 is 0 Å². The van der Waals surface area contributed by atoms with Gasteiger partial charge in [-0.2, -0.15) is 0 Å². The van der Waals surface area contributed by atoms with E-state index in [1.165, 1.54) is 6.92 Å². The van der Waals surface area contributed by atoms with E-state index in [0.717, 1.165) is 0 Å². The van der Waals surface area contributed by atoms with E-state index in [-0.39, 0.29) is 25.2 Å². The molecule has 0 aliphatic rings. The molecular formula is C19H33N5O9. The smallest absolute Gasteiger partial charge is 0.326 e. The van der Waals surface area contributed by atoms with Crippen molar-refractivity contribution in [3.05, 3.63) is 0 Å². The summed E-state index contributed by atoms with van der Waals surface area (Å²) in [6, 6.07) is -5.65. The van der Waals surface area contributed by atoms with Crippen molar-refractivity contribution >= 4 is 35.6 Å². The molecule has 188 valence electrons. The van der Waals surface area contributed by atoms with E-state index >= 15 is 0 Å². The van der Waals surface area contributed by atoms with Crippen LogP contribution < -0.4 is 27.4 Å². The minimum absolute atomic E-state index is 0.0953. The van der Waals surface area contributed by atoms with Crippen LogP contribution in [0, 0.1) is 5.92 Å². The summed E-state index contributed by atoms with van der Waals surface area (Å²) in [5.74, 6) is -6.48. The number of primary amides is 1. The van der Waals surface area contributed by atoms with Gasteiger partial charge in [-0.1, -0.05) is 13.8 Å². The number of rotatable bonds is 15. The standard InChI is InChI=1S/C19H33N5O9/c1-8(2)6-11(22-16(29)10(20)4-5-14(27)28)17(30)24-15(9(3)25)18(31)23-12(19(32)33)7-13(21)26/h8-12,15,25H,4-7,20H2,1-3H3,(H2,21,26)(H,22,29)(H,23,31)(H,24,30)(H,27,28)(H,32,33). The molecule has 0 spiro atoms. The summed E-state index contributed by atoms with van der Waals surface area (Å²) in [5.41, 5.74) is 10.6. The zero-order chi connectivity index (χ0) is 25.9. The third kappa shape index (κ3) is 11.8. The second-order valence-electron chi connectivity index (χ2n) is 8.03. The molecule has 33 heavy (non-hydrogen) atoms. The van der Waals surface area contributed by atoms with E-state index in [9.17, 15) is 33.9 Å². The molecule has 0 aromatic carbocycles. The van der Waals surface area contributed by atoms with Gasteiger partial charge in [0.25, 0.3) is 0 Å². The van der Waals surface area contributed by atoms with Crippen LogP contribution in [0.25, 0.3) is 0 Å². The van der Waals surface area contributed by atoms with E-state index in [1.54, 1.807) is 13.8 Å². The number of carbonyl (C=O) groups excluding carboxylic acids is 4. The monoisotopic (exact) mass is 475 g/mol. The molecule has 0 rings (SSSR count). The third-order valence-electron chi connectivity index (χ3n) is 4.43. The van der Waals surface area contributed by atoms with Crippen LogP contribution in [-0.2, 0) is 28.8 Å². The highest BCUT2D eigenvalue weighted by Gasteiger charge is 2.33. The maximum atomic E-state index is 12.8. The normalized spacial score (nSPS) is 15.5. The van der Waals surface area contributed by atoms with Gasteiger partial charge in [0.15, 0.2) is 0 Å². The number of carboxylic acid groups (broad SMARTS) is 2. The summed E-state index contributed by atoms with van der Waals surface area (Å²) in [5, 5.41) is 34.5. The van der Waals surface area contributed by atoms with Crippen molar-refractivity contribution in [2.45, 2.75) is 76.7 Å². The number of hydrogen-bond acceptors (Lipinski definition) is 8. The molecule has 0 aromatic heterocycles. The molecule has 0 saturated heterocycles. The summed E-state index contributed by atoms with van der Waals surface area (Å²) in [4.78, 5) is 70.4. The van der Waals surface area contributed by atoms with Crippen molar-refractivity contribution in [3.8, 4) is 0 Å². The van der Waals surface area contributed by atoms with E-state index < -0.39 is 72.3 Å². The fourth-order valence-corrected chi connectivity index (χ4v) is 2.71. The number of aliphatic carboxylic acids is 2. The summed E-state index contributed by atoms with van der Waals surface area (Å²) in [7, 11) is 0. The summed E-state index contributed by atoms with van der Waals surface area (Å²) < 4.78 is 0. The molecule has 0 bridgehead atoms. The molecule has 0 radical (unpaired) electrons. The molecule has 5 unspecified atom stereocenters. The molecule has 0 aliphatic carbocycles. The molecule has 0 fully saturated rings. The average Bonchev–Trinajstić information content (AvgIpc) is 2.67. The summed E-state index contributed by atoms with van der Waals surface area (Å²) in [6.45, 7) is 4.69. The third-order valence-corrected chi connectivity index (χ3v) is 4.43. The maximum Gasteiger partial charge on any atom is 0.326 e. The Bertz CT molecular complexity index is 741. The highest BCUT2D eigenvalue weighted by Crippen LogP contribution is 2.08. The second kappa shape index (κ2) is 14.0. The second-order valence-corrected chi connectivity index (χ2v) is 8.03. The Morgan fingerprint density at radius 3 is 1.82 bits per heavy atom. The Morgan fingerprint density at radius 2 is 1.39 bits per heavy atom. The van der Waals surface area contributed by atoms with Gasteiger partial charge >= 0.3 is 11.9 Å². The molecule has 0 aliphatic heterocycles. The minimum atomic E-state index is -1.67. The number of nitrogens with one attached hydrogen (secondary N) is 3. The van der Waals surface area contributed by atoms with E-state index in [1.807, 2.05) is 5.32 Å². The van der Waals surface area contributed by atoms with E-state index in [2.05, 4.69) is 10.6 Å². The summed E-state index contributed by atoms with van der Waals surface area (Å²) in [6.07, 6.45) is -2.56. The Balaban J connectivity index is 5.41. The quantitative estimate of drug-likeness (QED) is 0.119. The van der Waals surface area contributed by atoms with Gasteiger partial charge in [-0.05, 0) is 25.7 Å². The van der Waals surface area contributed by atoms with Crippen molar-refractivity contribution in [1.29, 1.82) is 0 Å². The number of aliphatic hydroxyl groups excluding tert-OH is 1. The molecule has 14 heteroatoms. The van der Waals surface area contributed by atoms with Gasteiger partial charge in [0.2, 0.25) is 23.6 Å². The zero-order valence-electron chi connectivity index (χ0n) is 18.7. The lowest BCUT2D eigenvalue weighted by molar-refractivity contribution is -0.144. The molecule has 0 saturated carbocycles. The van der Waals surface area contributed by atoms with Gasteiger partial charge in [-0.25, -0.2) is 4.79 Å². The van der Waals surface area contributed by atoms with Crippen molar-refractivity contribution < 1.29 is 44.1 Å². The first-order valence-electron chi connectivity index (χ1n) is 10.2. The number of nitrogens with two attached hydrogens (primary N) is 2. The fraction of sp³-hybridized carbons (Fsp3) is 0.684. The number of carboxylic acids is 2. The van der Waals surface area contributed by atoms with Gasteiger partial charge in [-0.15, -0.1) is 0 Å². The molecule has 14 nitrogen and oxygen atoms in total. The van der Waals surface area contributed by atoms with Crippen molar-refractivity contribution in [1.82, 2.24) is 16.0 Å². The lowest BCUT2D eigenvalue weighted by Gasteiger charge is -2.27. The van der Waals surface area contributed by atoms with Crippen LogP contribution in [0.1, 0.15) is 46.5 Å². The Morgan fingerprint density at radius 1 is 0.848 bits per heavy atom. The lowest BCUT2D eigenvalue weighted by atomic mass is 10.0. The van der Waals surface area contributed by atoms with E-state index in [0.29, 0.717) is 0 Å².